The Morgan fingerprint density at radius 3 is 2.71 bits per heavy atom. The molecule has 8 nitrogen and oxygen atoms in total. The monoisotopic (exact) mass is 335 g/mol. The van der Waals surface area contributed by atoms with Crippen LogP contribution >= 0.6 is 0 Å². The fraction of sp³-hybridized carbons (Fsp3) is 0.750. The molecule has 3 rings (SSSR count). The first-order valence-electron chi connectivity index (χ1n) is 8.81. The molecule has 1 saturated heterocycles. The number of aromatic amines is 2. The molecule has 2 aliphatic rings. The summed E-state index contributed by atoms with van der Waals surface area (Å²) >= 11 is 0. The Kier molecular flexibility index (Phi) is 5.32. The molecule has 2 heterocycles. The molecule has 24 heavy (non-hydrogen) atoms. The van der Waals surface area contributed by atoms with Crippen LogP contribution in [0.2, 0.25) is 0 Å². The van der Waals surface area contributed by atoms with Crippen LogP contribution in [0.5, 0.6) is 0 Å². The molecule has 0 radical (unpaired) electrons. The third kappa shape index (κ3) is 4.24. The molecule has 1 aliphatic carbocycles. The number of likely N-dealkylation sites (tertiary alicyclic amines) is 1. The third-order valence-corrected chi connectivity index (χ3v) is 5.05. The van der Waals surface area contributed by atoms with E-state index in [1.807, 2.05) is 4.90 Å². The van der Waals surface area contributed by atoms with Crippen LogP contribution in [0.3, 0.4) is 0 Å². The molecule has 8 heteroatoms. The van der Waals surface area contributed by atoms with Crippen molar-refractivity contribution in [1.82, 2.24) is 25.4 Å². The fourth-order valence-electron chi connectivity index (χ4n) is 3.69. The molecule has 0 aromatic carbocycles. The van der Waals surface area contributed by atoms with E-state index in [-0.39, 0.29) is 30.0 Å². The number of amides is 2. The smallest absolute Gasteiger partial charge is 0.340 e. The second kappa shape index (κ2) is 7.63. The molecule has 0 bridgehead atoms. The highest BCUT2D eigenvalue weighted by molar-refractivity contribution is 5.83. The lowest BCUT2D eigenvalue weighted by molar-refractivity contribution is -0.139. The van der Waals surface area contributed by atoms with Gasteiger partial charge in [0.15, 0.2) is 0 Å². The minimum atomic E-state index is -0.388. The van der Waals surface area contributed by atoms with Crippen molar-refractivity contribution in [3.63, 3.8) is 0 Å². The van der Waals surface area contributed by atoms with Gasteiger partial charge in [-0.1, -0.05) is 19.3 Å². The minimum absolute atomic E-state index is 0.0833. The molecular weight excluding hydrogens is 310 g/mol. The molecule has 1 atom stereocenters. The molecule has 0 spiro atoms. The average molecular weight is 335 g/mol. The predicted molar refractivity (Wildman–Crippen MR) is 86.9 cm³/mol. The van der Waals surface area contributed by atoms with Gasteiger partial charge in [-0.25, -0.2) is 9.89 Å². The van der Waals surface area contributed by atoms with E-state index in [0.717, 1.165) is 6.54 Å². The number of hydrogen-bond donors (Lipinski definition) is 3. The SMILES string of the molecule is O=C(NCc1n[nH]c(=O)[nH]1)[C@@H]1CCC(=O)N(CC2CCCCC2)C1. The summed E-state index contributed by atoms with van der Waals surface area (Å²) in [5.74, 6) is 0.885. The summed E-state index contributed by atoms with van der Waals surface area (Å²) in [6.07, 6.45) is 7.19. The molecule has 1 aliphatic heterocycles. The van der Waals surface area contributed by atoms with E-state index >= 15 is 0 Å². The normalized spacial score (nSPS) is 22.6. The number of hydrogen-bond acceptors (Lipinski definition) is 4. The van der Waals surface area contributed by atoms with Crippen molar-refractivity contribution in [2.75, 3.05) is 13.1 Å². The molecule has 2 fully saturated rings. The number of piperidine rings is 1. The topological polar surface area (TPSA) is 111 Å². The summed E-state index contributed by atoms with van der Waals surface area (Å²) in [7, 11) is 0. The Bertz CT molecular complexity index is 632. The highest BCUT2D eigenvalue weighted by Gasteiger charge is 2.31. The number of aromatic nitrogens is 3. The molecule has 2 amide bonds. The molecule has 132 valence electrons. The van der Waals surface area contributed by atoms with Crippen molar-refractivity contribution in [3.05, 3.63) is 16.3 Å². The molecule has 1 aromatic rings. The first-order chi connectivity index (χ1) is 11.6. The Morgan fingerprint density at radius 2 is 2.00 bits per heavy atom. The Balaban J connectivity index is 1.50. The summed E-state index contributed by atoms with van der Waals surface area (Å²) in [5, 5.41) is 8.82. The van der Waals surface area contributed by atoms with Crippen molar-refractivity contribution in [1.29, 1.82) is 0 Å². The van der Waals surface area contributed by atoms with Crippen LogP contribution in [0.25, 0.3) is 0 Å². The molecule has 1 aromatic heterocycles. The predicted octanol–water partition coefficient (Wildman–Crippen LogP) is 0.533. The number of nitrogens with zero attached hydrogens (tertiary/aromatic N) is 2. The van der Waals surface area contributed by atoms with Crippen LogP contribution in [-0.2, 0) is 16.1 Å². The van der Waals surface area contributed by atoms with Crippen LogP contribution in [0.1, 0.15) is 50.8 Å². The summed E-state index contributed by atoms with van der Waals surface area (Å²) in [6.45, 7) is 1.47. The van der Waals surface area contributed by atoms with Gasteiger partial charge in [0.25, 0.3) is 0 Å². The fourth-order valence-corrected chi connectivity index (χ4v) is 3.69. The first-order valence-corrected chi connectivity index (χ1v) is 8.81. The lowest BCUT2D eigenvalue weighted by Gasteiger charge is -2.35. The number of nitrogens with one attached hydrogen (secondary N) is 3. The molecular formula is C16H25N5O3. The summed E-state index contributed by atoms with van der Waals surface area (Å²) < 4.78 is 0. The van der Waals surface area contributed by atoms with Crippen molar-refractivity contribution >= 4 is 11.8 Å². The van der Waals surface area contributed by atoms with E-state index in [9.17, 15) is 14.4 Å². The summed E-state index contributed by atoms with van der Waals surface area (Å²) in [5.41, 5.74) is -0.388. The first kappa shape index (κ1) is 16.7. The quantitative estimate of drug-likeness (QED) is 0.729. The van der Waals surface area contributed by atoms with Gasteiger partial charge in [0.1, 0.15) is 5.82 Å². The van der Waals surface area contributed by atoms with E-state index in [1.165, 1.54) is 32.1 Å². The zero-order valence-electron chi connectivity index (χ0n) is 13.8. The van der Waals surface area contributed by atoms with Gasteiger partial charge in [0.2, 0.25) is 11.8 Å². The second-order valence-corrected chi connectivity index (χ2v) is 6.88. The van der Waals surface area contributed by atoms with Gasteiger partial charge in [-0.2, -0.15) is 5.10 Å². The van der Waals surface area contributed by atoms with Gasteiger partial charge in [0.05, 0.1) is 12.5 Å². The van der Waals surface area contributed by atoms with Gasteiger partial charge < -0.3 is 10.2 Å². The Labute approximate surface area is 140 Å². The average Bonchev–Trinajstić information content (AvgIpc) is 3.01. The molecule has 3 N–H and O–H groups in total. The van der Waals surface area contributed by atoms with Crippen LogP contribution in [0, 0.1) is 11.8 Å². The molecule has 0 unspecified atom stereocenters. The number of carbonyl (C=O) groups is 2. The zero-order valence-corrected chi connectivity index (χ0v) is 13.8. The van der Waals surface area contributed by atoms with Crippen LogP contribution < -0.4 is 11.0 Å². The van der Waals surface area contributed by atoms with Crippen molar-refractivity contribution in [2.45, 2.75) is 51.5 Å². The van der Waals surface area contributed by atoms with Crippen molar-refractivity contribution in [3.8, 4) is 0 Å². The lowest BCUT2D eigenvalue weighted by atomic mass is 9.87. The van der Waals surface area contributed by atoms with Crippen LogP contribution in [0.4, 0.5) is 0 Å². The van der Waals surface area contributed by atoms with Gasteiger partial charge >= 0.3 is 5.69 Å². The number of H-pyrrole nitrogens is 2. The highest BCUT2D eigenvalue weighted by atomic mass is 16.2. The van der Waals surface area contributed by atoms with Gasteiger partial charge in [-0.15, -0.1) is 0 Å². The van der Waals surface area contributed by atoms with E-state index in [0.29, 0.717) is 31.1 Å². The van der Waals surface area contributed by atoms with Crippen molar-refractivity contribution in [2.24, 2.45) is 11.8 Å². The summed E-state index contributed by atoms with van der Waals surface area (Å²) in [4.78, 5) is 39.9. The maximum atomic E-state index is 12.3. The Hall–Kier alpha value is -2.12. The van der Waals surface area contributed by atoms with Gasteiger partial charge in [0, 0.05) is 19.5 Å². The highest BCUT2D eigenvalue weighted by Crippen LogP contribution is 2.27. The Morgan fingerprint density at radius 1 is 1.21 bits per heavy atom. The third-order valence-electron chi connectivity index (χ3n) is 5.05. The summed E-state index contributed by atoms with van der Waals surface area (Å²) in [6, 6.07) is 0. The minimum Gasteiger partial charge on any atom is -0.349 e. The van der Waals surface area contributed by atoms with E-state index in [4.69, 9.17) is 0 Å². The van der Waals surface area contributed by atoms with E-state index in [2.05, 4.69) is 20.5 Å². The van der Waals surface area contributed by atoms with Crippen LogP contribution in [-0.4, -0.2) is 45.0 Å². The standard InChI is InChI=1S/C16H25N5O3/c22-14-7-6-12(10-21(14)9-11-4-2-1-3-5-11)15(23)17-8-13-18-16(24)20-19-13/h11-12H,1-10H2,(H,17,23)(H2,18,19,20,24)/t12-/m1/s1. The number of rotatable bonds is 5. The zero-order chi connectivity index (χ0) is 16.9. The van der Waals surface area contributed by atoms with E-state index in [1.54, 1.807) is 0 Å². The number of carbonyl (C=O) groups excluding carboxylic acids is 2. The largest absolute Gasteiger partial charge is 0.349 e. The van der Waals surface area contributed by atoms with E-state index < -0.39 is 0 Å². The molecule has 1 saturated carbocycles. The lowest BCUT2D eigenvalue weighted by Crippen LogP contribution is -2.47. The van der Waals surface area contributed by atoms with Gasteiger partial charge in [-0.3, -0.25) is 14.6 Å². The van der Waals surface area contributed by atoms with Crippen LogP contribution in [0.15, 0.2) is 4.79 Å². The second-order valence-electron chi connectivity index (χ2n) is 6.88. The maximum Gasteiger partial charge on any atom is 0.340 e. The van der Waals surface area contributed by atoms with Crippen molar-refractivity contribution < 1.29 is 9.59 Å². The van der Waals surface area contributed by atoms with Gasteiger partial charge in [-0.05, 0) is 25.2 Å². The maximum absolute atomic E-state index is 12.3.